The highest BCUT2D eigenvalue weighted by atomic mass is 16.5. The van der Waals surface area contributed by atoms with Crippen LogP contribution in [0.3, 0.4) is 0 Å². The highest BCUT2D eigenvalue weighted by Crippen LogP contribution is 2.36. The molecule has 0 saturated carbocycles. The summed E-state index contributed by atoms with van der Waals surface area (Å²) in [7, 11) is 0. The molecule has 158 valence electrons. The van der Waals surface area contributed by atoms with E-state index in [1.54, 1.807) is 12.1 Å². The van der Waals surface area contributed by atoms with E-state index in [2.05, 4.69) is 39.1 Å². The molecule has 1 heterocycles. The second kappa shape index (κ2) is 8.24. The van der Waals surface area contributed by atoms with E-state index < -0.39 is 0 Å². The van der Waals surface area contributed by atoms with E-state index >= 15 is 0 Å². The molecule has 0 amide bonds. The molecule has 1 aliphatic rings. The maximum absolute atomic E-state index is 13.1. The number of rotatable bonds is 5. The zero-order valence-electron chi connectivity index (χ0n) is 18.9. The smallest absolute Gasteiger partial charge is 0.163 e. The van der Waals surface area contributed by atoms with Crippen LogP contribution in [0.5, 0.6) is 11.5 Å². The van der Waals surface area contributed by atoms with Crippen LogP contribution in [0.1, 0.15) is 74.0 Å². The van der Waals surface area contributed by atoms with Gasteiger partial charge < -0.3 is 10.1 Å². The van der Waals surface area contributed by atoms with Crippen LogP contribution in [0, 0.1) is 31.1 Å². The number of hydrogen-bond donors (Lipinski definition) is 1. The minimum Gasteiger partial charge on any atom is -0.455 e. The summed E-state index contributed by atoms with van der Waals surface area (Å²) < 4.78 is 6.06. The number of hydrogen-bond acceptors (Lipinski definition) is 4. The molecule has 1 saturated heterocycles. The first-order chi connectivity index (χ1) is 14.0. The van der Waals surface area contributed by atoms with Crippen molar-refractivity contribution in [3.63, 3.8) is 0 Å². The third-order valence-electron chi connectivity index (χ3n) is 5.75. The van der Waals surface area contributed by atoms with E-state index in [9.17, 15) is 10.1 Å². The molecule has 2 aromatic carbocycles. The number of piperidine rings is 1. The molecule has 4 nitrogen and oxygen atoms in total. The topological polar surface area (TPSA) is 62.1 Å². The van der Waals surface area contributed by atoms with E-state index in [0.29, 0.717) is 29.4 Å². The van der Waals surface area contributed by atoms with E-state index in [4.69, 9.17) is 4.74 Å². The van der Waals surface area contributed by atoms with Gasteiger partial charge >= 0.3 is 0 Å². The fourth-order valence-electron chi connectivity index (χ4n) is 5.09. The standard InChI is InChI=1S/C26H32N2O2/c1-17-11-21(22(29)13-19-14-25(3,4)28-26(5,6)15-19)12-18(2)24(17)30-23-10-8-7-9-20(23)16-27/h7-12,19,28H,13-15H2,1-6H3. The van der Waals surface area contributed by atoms with Crippen molar-refractivity contribution >= 4 is 5.78 Å². The van der Waals surface area contributed by atoms with Gasteiger partial charge in [0, 0.05) is 23.1 Å². The van der Waals surface area contributed by atoms with Gasteiger partial charge in [0.25, 0.3) is 0 Å². The average molecular weight is 405 g/mol. The Hall–Kier alpha value is -2.64. The van der Waals surface area contributed by atoms with Crippen LogP contribution >= 0.6 is 0 Å². The van der Waals surface area contributed by atoms with Gasteiger partial charge in [-0.15, -0.1) is 0 Å². The van der Waals surface area contributed by atoms with E-state index in [0.717, 1.165) is 29.5 Å². The number of carbonyl (C=O) groups excluding carboxylic acids is 1. The number of nitriles is 1. The van der Waals surface area contributed by atoms with Crippen LogP contribution in [0.15, 0.2) is 36.4 Å². The Labute approximate surface area is 180 Å². The van der Waals surface area contributed by atoms with Gasteiger partial charge in [0.15, 0.2) is 5.78 Å². The summed E-state index contributed by atoms with van der Waals surface area (Å²) in [6, 6.07) is 13.2. The monoisotopic (exact) mass is 404 g/mol. The normalized spacial score (nSPS) is 17.9. The first-order valence-electron chi connectivity index (χ1n) is 10.6. The van der Waals surface area contributed by atoms with Crippen molar-refractivity contribution in [2.24, 2.45) is 5.92 Å². The Morgan fingerprint density at radius 2 is 1.67 bits per heavy atom. The Kier molecular flexibility index (Phi) is 6.06. The van der Waals surface area contributed by atoms with Crippen molar-refractivity contribution in [3.05, 3.63) is 58.7 Å². The van der Waals surface area contributed by atoms with E-state index in [1.165, 1.54) is 0 Å². The van der Waals surface area contributed by atoms with E-state index in [1.807, 2.05) is 38.1 Å². The van der Waals surface area contributed by atoms with Crippen molar-refractivity contribution in [2.75, 3.05) is 0 Å². The highest BCUT2D eigenvalue weighted by Gasteiger charge is 2.38. The Morgan fingerprint density at radius 3 is 2.23 bits per heavy atom. The lowest BCUT2D eigenvalue weighted by Gasteiger charge is -2.46. The molecule has 2 aromatic rings. The van der Waals surface area contributed by atoms with Crippen LogP contribution in [0.2, 0.25) is 0 Å². The van der Waals surface area contributed by atoms with Gasteiger partial charge in [-0.3, -0.25) is 4.79 Å². The molecule has 0 spiro atoms. The van der Waals surface area contributed by atoms with Crippen LogP contribution in [0.25, 0.3) is 0 Å². The molecular formula is C26H32N2O2. The van der Waals surface area contributed by atoms with Gasteiger partial charge in [-0.1, -0.05) is 12.1 Å². The first kappa shape index (κ1) is 22.1. The van der Waals surface area contributed by atoms with Crippen molar-refractivity contribution in [1.82, 2.24) is 5.32 Å². The molecule has 0 radical (unpaired) electrons. The number of benzene rings is 2. The molecule has 4 heteroatoms. The van der Waals surface area contributed by atoms with Gasteiger partial charge in [-0.25, -0.2) is 0 Å². The number of aryl methyl sites for hydroxylation is 2. The summed E-state index contributed by atoms with van der Waals surface area (Å²) >= 11 is 0. The summed E-state index contributed by atoms with van der Waals surface area (Å²) in [4.78, 5) is 13.1. The summed E-state index contributed by atoms with van der Waals surface area (Å²) in [5, 5.41) is 13.0. The molecule has 0 bridgehead atoms. The van der Waals surface area contributed by atoms with E-state index in [-0.39, 0.29) is 16.9 Å². The molecule has 1 N–H and O–H groups in total. The summed E-state index contributed by atoms with van der Waals surface area (Å²) in [5.74, 6) is 1.79. The first-order valence-corrected chi connectivity index (χ1v) is 10.6. The number of ketones is 1. The third kappa shape index (κ3) is 5.09. The summed E-state index contributed by atoms with van der Waals surface area (Å²) in [6.07, 6.45) is 2.55. The molecule has 30 heavy (non-hydrogen) atoms. The quantitative estimate of drug-likeness (QED) is 0.612. The fourth-order valence-corrected chi connectivity index (χ4v) is 5.09. The lowest BCUT2D eigenvalue weighted by atomic mass is 9.74. The van der Waals surface area contributed by atoms with Crippen LogP contribution in [0.4, 0.5) is 0 Å². The number of nitrogens with zero attached hydrogens (tertiary/aromatic N) is 1. The second-order valence-corrected chi connectivity index (χ2v) is 9.94. The van der Waals surface area contributed by atoms with Gasteiger partial charge in [0.1, 0.15) is 17.6 Å². The predicted molar refractivity (Wildman–Crippen MR) is 120 cm³/mol. The van der Waals surface area contributed by atoms with Crippen LogP contribution in [-0.4, -0.2) is 16.9 Å². The lowest BCUT2D eigenvalue weighted by Crippen LogP contribution is -2.57. The van der Waals surface area contributed by atoms with Crippen LogP contribution in [-0.2, 0) is 0 Å². The van der Waals surface area contributed by atoms with Crippen molar-refractivity contribution < 1.29 is 9.53 Å². The summed E-state index contributed by atoms with van der Waals surface area (Å²) in [5.41, 5.74) is 3.09. The van der Waals surface area contributed by atoms with Gasteiger partial charge in [0.05, 0.1) is 5.56 Å². The zero-order valence-corrected chi connectivity index (χ0v) is 18.9. The second-order valence-electron chi connectivity index (χ2n) is 9.94. The molecule has 1 fully saturated rings. The minimum absolute atomic E-state index is 0.0321. The Balaban J connectivity index is 1.79. The Bertz CT molecular complexity index is 959. The van der Waals surface area contributed by atoms with Gasteiger partial charge in [0.2, 0.25) is 0 Å². The molecule has 0 aliphatic carbocycles. The number of para-hydroxylation sites is 1. The number of carbonyl (C=O) groups is 1. The van der Waals surface area contributed by atoms with Crippen molar-refractivity contribution in [1.29, 1.82) is 5.26 Å². The number of ether oxygens (including phenoxy) is 1. The zero-order chi connectivity index (χ0) is 22.1. The predicted octanol–water partition coefficient (Wildman–Crippen LogP) is 6.10. The number of Topliss-reactive ketones (excluding diaryl/α,β-unsaturated/α-hetero) is 1. The van der Waals surface area contributed by atoms with Crippen molar-refractivity contribution in [2.45, 2.75) is 71.9 Å². The molecule has 0 unspecified atom stereocenters. The highest BCUT2D eigenvalue weighted by molar-refractivity contribution is 5.97. The Morgan fingerprint density at radius 1 is 1.10 bits per heavy atom. The molecule has 3 rings (SSSR count). The lowest BCUT2D eigenvalue weighted by molar-refractivity contribution is 0.0864. The maximum atomic E-state index is 13.1. The summed E-state index contributed by atoms with van der Waals surface area (Å²) in [6.45, 7) is 12.8. The minimum atomic E-state index is 0.0321. The van der Waals surface area contributed by atoms with Gasteiger partial charge in [-0.05, 0) is 95.7 Å². The average Bonchev–Trinajstić information content (AvgIpc) is 2.62. The number of nitrogens with one attached hydrogen (secondary N) is 1. The largest absolute Gasteiger partial charge is 0.455 e. The van der Waals surface area contributed by atoms with Crippen LogP contribution < -0.4 is 10.1 Å². The molecule has 0 atom stereocenters. The molecular weight excluding hydrogens is 372 g/mol. The molecule has 1 aliphatic heterocycles. The van der Waals surface area contributed by atoms with Crippen molar-refractivity contribution in [3.8, 4) is 17.6 Å². The third-order valence-corrected chi connectivity index (χ3v) is 5.75. The van der Waals surface area contributed by atoms with Gasteiger partial charge in [-0.2, -0.15) is 5.26 Å². The maximum Gasteiger partial charge on any atom is 0.163 e. The molecule has 0 aromatic heterocycles. The fraction of sp³-hybridized carbons (Fsp3) is 0.462. The SMILES string of the molecule is Cc1cc(C(=O)CC2CC(C)(C)NC(C)(C)C2)cc(C)c1Oc1ccccc1C#N.